The monoisotopic (exact) mass is 219 g/mol. The van der Waals surface area contributed by atoms with Gasteiger partial charge in [0, 0.05) is 6.04 Å². The zero-order valence-corrected chi connectivity index (χ0v) is 10.2. The van der Waals surface area contributed by atoms with E-state index in [4.69, 9.17) is 0 Å². The number of phenols is 1. The van der Waals surface area contributed by atoms with Crippen molar-refractivity contribution < 1.29 is 5.11 Å². The van der Waals surface area contributed by atoms with Crippen molar-refractivity contribution in [1.82, 2.24) is 4.90 Å². The number of benzene rings is 1. The van der Waals surface area contributed by atoms with Crippen molar-refractivity contribution in [2.75, 3.05) is 13.1 Å². The van der Waals surface area contributed by atoms with Gasteiger partial charge in [-0.2, -0.15) is 0 Å². The number of nitrogens with zero attached hydrogens (tertiary/aromatic N) is 1. The summed E-state index contributed by atoms with van der Waals surface area (Å²) in [6.45, 7) is 6.63. The van der Waals surface area contributed by atoms with Crippen LogP contribution < -0.4 is 0 Å². The summed E-state index contributed by atoms with van der Waals surface area (Å²) in [6, 6.07) is 6.51. The van der Waals surface area contributed by atoms with Gasteiger partial charge in [-0.15, -0.1) is 0 Å². The van der Waals surface area contributed by atoms with Gasteiger partial charge in [-0.3, -0.25) is 0 Å². The van der Waals surface area contributed by atoms with Crippen LogP contribution in [0.5, 0.6) is 5.75 Å². The number of aryl methyl sites for hydroxylation is 1. The van der Waals surface area contributed by atoms with Crippen LogP contribution in [-0.4, -0.2) is 29.1 Å². The Morgan fingerprint density at radius 3 is 2.75 bits per heavy atom. The van der Waals surface area contributed by atoms with Gasteiger partial charge in [0.15, 0.2) is 0 Å². The predicted octanol–water partition coefficient (Wildman–Crippen LogP) is 2.59. The molecule has 1 aliphatic carbocycles. The van der Waals surface area contributed by atoms with Crippen molar-refractivity contribution in [3.63, 3.8) is 0 Å². The van der Waals surface area contributed by atoms with E-state index in [2.05, 4.69) is 24.8 Å². The van der Waals surface area contributed by atoms with Gasteiger partial charge in [-0.1, -0.05) is 26.0 Å². The van der Waals surface area contributed by atoms with Crippen LogP contribution in [-0.2, 0) is 12.8 Å². The predicted molar refractivity (Wildman–Crippen MR) is 66.8 cm³/mol. The molecule has 88 valence electrons. The maximum Gasteiger partial charge on any atom is 0.119 e. The number of aromatic hydroxyl groups is 1. The average Bonchev–Trinajstić information content (AvgIpc) is 2.32. The summed E-state index contributed by atoms with van der Waals surface area (Å²) in [7, 11) is 0. The largest absolute Gasteiger partial charge is 0.508 e. The molecule has 0 saturated carbocycles. The van der Waals surface area contributed by atoms with Crippen molar-refractivity contribution in [1.29, 1.82) is 0 Å². The van der Waals surface area contributed by atoms with E-state index in [-0.39, 0.29) is 0 Å². The van der Waals surface area contributed by atoms with Crippen LogP contribution in [0.2, 0.25) is 0 Å². The molecule has 16 heavy (non-hydrogen) atoms. The fourth-order valence-corrected chi connectivity index (χ4v) is 2.80. The fraction of sp³-hybridized carbons (Fsp3) is 0.571. The highest BCUT2D eigenvalue weighted by Crippen LogP contribution is 2.30. The smallest absolute Gasteiger partial charge is 0.119 e. The van der Waals surface area contributed by atoms with Crippen LogP contribution in [0.25, 0.3) is 0 Å². The molecule has 1 aliphatic rings. The first kappa shape index (κ1) is 11.5. The van der Waals surface area contributed by atoms with E-state index in [0.717, 1.165) is 25.9 Å². The highest BCUT2D eigenvalue weighted by atomic mass is 16.3. The minimum Gasteiger partial charge on any atom is -0.508 e. The van der Waals surface area contributed by atoms with Gasteiger partial charge in [0.25, 0.3) is 0 Å². The summed E-state index contributed by atoms with van der Waals surface area (Å²) in [5.74, 6) is 0.481. The van der Waals surface area contributed by atoms with Gasteiger partial charge in [-0.25, -0.2) is 0 Å². The van der Waals surface area contributed by atoms with Crippen LogP contribution in [0, 0.1) is 0 Å². The number of hydrogen-bond donors (Lipinski definition) is 1. The molecule has 1 aromatic rings. The van der Waals surface area contributed by atoms with E-state index in [1.807, 2.05) is 12.1 Å². The molecule has 1 aromatic carbocycles. The van der Waals surface area contributed by atoms with E-state index in [0.29, 0.717) is 11.8 Å². The van der Waals surface area contributed by atoms with Crippen LogP contribution in [0.15, 0.2) is 18.2 Å². The summed E-state index contributed by atoms with van der Waals surface area (Å²) >= 11 is 0. The van der Waals surface area contributed by atoms with Gasteiger partial charge in [0.1, 0.15) is 5.75 Å². The first-order valence-electron chi connectivity index (χ1n) is 6.30. The second-order valence-electron chi connectivity index (χ2n) is 4.53. The zero-order valence-electron chi connectivity index (χ0n) is 10.2. The second kappa shape index (κ2) is 4.88. The molecule has 0 fully saturated rings. The molecule has 1 atom stereocenters. The fourth-order valence-electron chi connectivity index (χ4n) is 2.80. The first-order valence-corrected chi connectivity index (χ1v) is 6.30. The average molecular weight is 219 g/mol. The van der Waals surface area contributed by atoms with Crippen LogP contribution >= 0.6 is 0 Å². The second-order valence-corrected chi connectivity index (χ2v) is 4.53. The number of likely N-dealkylation sites (N-methyl/N-ethyl adjacent to an activating group) is 1. The molecule has 0 saturated heterocycles. The molecule has 0 aromatic heterocycles. The van der Waals surface area contributed by atoms with Crippen molar-refractivity contribution in [2.45, 2.75) is 39.2 Å². The van der Waals surface area contributed by atoms with Crippen LogP contribution in [0.1, 0.15) is 31.4 Å². The lowest BCUT2D eigenvalue weighted by Gasteiger charge is -2.34. The van der Waals surface area contributed by atoms with E-state index in [1.165, 1.54) is 17.5 Å². The summed E-state index contributed by atoms with van der Waals surface area (Å²) < 4.78 is 0. The highest BCUT2D eigenvalue weighted by Gasteiger charge is 2.24. The molecule has 2 heteroatoms. The molecule has 1 N–H and O–H groups in total. The number of hydrogen-bond acceptors (Lipinski definition) is 2. The van der Waals surface area contributed by atoms with Crippen molar-refractivity contribution >= 4 is 0 Å². The third kappa shape index (κ3) is 2.07. The lowest BCUT2D eigenvalue weighted by atomic mass is 9.87. The highest BCUT2D eigenvalue weighted by molar-refractivity contribution is 5.41. The Morgan fingerprint density at radius 2 is 2.06 bits per heavy atom. The van der Waals surface area contributed by atoms with Gasteiger partial charge < -0.3 is 10.0 Å². The molecular weight excluding hydrogens is 198 g/mol. The maximum absolute atomic E-state index is 9.88. The lowest BCUT2D eigenvalue weighted by molar-refractivity contribution is 0.197. The summed E-state index contributed by atoms with van der Waals surface area (Å²) in [5.41, 5.74) is 2.51. The normalized spacial score (nSPS) is 19.8. The van der Waals surface area contributed by atoms with E-state index < -0.39 is 0 Å². The number of fused-ring (bicyclic) bond motifs is 1. The Kier molecular flexibility index (Phi) is 3.49. The maximum atomic E-state index is 9.88. The molecule has 0 amide bonds. The minimum absolute atomic E-state index is 0.481. The SMILES string of the molecule is CCN(CC)[C@H]1CCc2cccc(O)c2C1. The molecule has 2 nitrogen and oxygen atoms in total. The van der Waals surface area contributed by atoms with E-state index in [9.17, 15) is 5.11 Å². The van der Waals surface area contributed by atoms with Gasteiger partial charge in [0.2, 0.25) is 0 Å². The molecule has 0 aliphatic heterocycles. The van der Waals surface area contributed by atoms with Gasteiger partial charge in [-0.05, 0) is 49.5 Å². The Balaban J connectivity index is 2.19. The summed E-state index contributed by atoms with van der Waals surface area (Å²) in [4.78, 5) is 2.50. The summed E-state index contributed by atoms with van der Waals surface area (Å²) in [6.07, 6.45) is 3.33. The Bertz CT molecular complexity index is 358. The van der Waals surface area contributed by atoms with E-state index in [1.54, 1.807) is 0 Å². The third-order valence-corrected chi connectivity index (χ3v) is 3.76. The van der Waals surface area contributed by atoms with E-state index >= 15 is 0 Å². The number of rotatable bonds is 3. The van der Waals surface area contributed by atoms with Gasteiger partial charge >= 0.3 is 0 Å². The first-order chi connectivity index (χ1) is 7.76. The molecule has 0 radical (unpaired) electrons. The van der Waals surface area contributed by atoms with Crippen molar-refractivity contribution in [3.8, 4) is 5.75 Å². The molecule has 2 rings (SSSR count). The zero-order chi connectivity index (χ0) is 11.5. The van der Waals surface area contributed by atoms with Crippen molar-refractivity contribution in [3.05, 3.63) is 29.3 Å². The molecule has 0 unspecified atom stereocenters. The molecule has 0 heterocycles. The third-order valence-electron chi connectivity index (χ3n) is 3.76. The minimum atomic E-state index is 0.481. The van der Waals surface area contributed by atoms with Crippen LogP contribution in [0.3, 0.4) is 0 Å². The Hall–Kier alpha value is -1.02. The quantitative estimate of drug-likeness (QED) is 0.844. The number of phenolic OH excluding ortho intramolecular Hbond substituents is 1. The lowest BCUT2D eigenvalue weighted by Crippen LogP contribution is -2.39. The summed E-state index contributed by atoms with van der Waals surface area (Å²) in [5, 5.41) is 9.88. The van der Waals surface area contributed by atoms with Gasteiger partial charge in [0.05, 0.1) is 0 Å². The molecule has 0 bridgehead atoms. The topological polar surface area (TPSA) is 23.5 Å². The molecule has 0 spiro atoms. The van der Waals surface area contributed by atoms with Crippen molar-refractivity contribution in [2.24, 2.45) is 0 Å². The molecular formula is C14H21NO. The standard InChI is InChI=1S/C14H21NO/c1-3-15(4-2)12-9-8-11-6-5-7-14(16)13(11)10-12/h5-7,12,16H,3-4,8-10H2,1-2H3/t12-/m0/s1. The Morgan fingerprint density at radius 1 is 1.31 bits per heavy atom. The van der Waals surface area contributed by atoms with Crippen LogP contribution in [0.4, 0.5) is 0 Å². The Labute approximate surface area is 97.9 Å².